The molecular weight excluding hydrogens is 177 g/mol. The van der Waals surface area contributed by atoms with E-state index in [1.807, 2.05) is 26.8 Å². The number of rotatable bonds is 3. The van der Waals surface area contributed by atoms with Crippen molar-refractivity contribution < 1.29 is 4.39 Å². The summed E-state index contributed by atoms with van der Waals surface area (Å²) in [6.07, 6.45) is 2.07. The summed E-state index contributed by atoms with van der Waals surface area (Å²) in [5.74, 6) is -0.190. The fourth-order valence-electron chi connectivity index (χ4n) is 1.21. The van der Waals surface area contributed by atoms with Gasteiger partial charge in [-0.15, -0.1) is 0 Å². The molecule has 0 bridgehead atoms. The normalized spacial score (nSPS) is 9.71. The van der Waals surface area contributed by atoms with E-state index in [2.05, 4.69) is 11.4 Å². The summed E-state index contributed by atoms with van der Waals surface area (Å²) in [5, 5.41) is 3.14. The van der Waals surface area contributed by atoms with Crippen LogP contribution in [-0.2, 0) is 0 Å². The number of anilines is 1. The van der Waals surface area contributed by atoms with Gasteiger partial charge in [0.25, 0.3) is 0 Å². The monoisotopic (exact) mass is 193 g/mol. The van der Waals surface area contributed by atoms with E-state index < -0.39 is 0 Å². The van der Waals surface area contributed by atoms with E-state index in [4.69, 9.17) is 0 Å². The van der Waals surface area contributed by atoms with Crippen LogP contribution in [0.4, 0.5) is 10.1 Å². The fraction of sp³-hybridized carbons (Fsp3) is 0.333. The van der Waals surface area contributed by atoms with Crippen molar-refractivity contribution in [3.8, 4) is 0 Å². The van der Waals surface area contributed by atoms with Gasteiger partial charge >= 0.3 is 0 Å². The molecule has 1 rings (SSSR count). The molecule has 0 aliphatic heterocycles. The van der Waals surface area contributed by atoms with Gasteiger partial charge in [-0.2, -0.15) is 0 Å². The minimum atomic E-state index is -0.190. The van der Waals surface area contributed by atoms with E-state index in [-0.39, 0.29) is 5.82 Å². The van der Waals surface area contributed by atoms with Crippen LogP contribution in [0.5, 0.6) is 0 Å². The van der Waals surface area contributed by atoms with Crippen LogP contribution in [0.2, 0.25) is 0 Å². The second-order valence-corrected chi connectivity index (χ2v) is 3.68. The summed E-state index contributed by atoms with van der Waals surface area (Å²) in [6, 6.07) is 4.96. The first-order valence-electron chi connectivity index (χ1n) is 4.72. The molecule has 0 heterocycles. The average molecular weight is 193 g/mol. The van der Waals surface area contributed by atoms with Gasteiger partial charge < -0.3 is 5.32 Å². The van der Waals surface area contributed by atoms with E-state index >= 15 is 0 Å². The Balaban J connectivity index is 2.63. The van der Waals surface area contributed by atoms with Crippen LogP contribution >= 0.6 is 0 Å². The third kappa shape index (κ3) is 3.60. The summed E-state index contributed by atoms with van der Waals surface area (Å²) in [6.45, 7) is 6.71. The highest BCUT2D eigenvalue weighted by atomic mass is 19.1. The molecule has 0 fully saturated rings. The summed E-state index contributed by atoms with van der Waals surface area (Å²) in [4.78, 5) is 0. The van der Waals surface area contributed by atoms with Crippen molar-refractivity contribution in [1.82, 2.24) is 0 Å². The van der Waals surface area contributed by atoms with Crippen molar-refractivity contribution >= 4 is 5.69 Å². The lowest BCUT2D eigenvalue weighted by atomic mass is 10.2. The molecule has 0 spiro atoms. The molecule has 1 N–H and O–H groups in total. The molecule has 1 aromatic carbocycles. The summed E-state index contributed by atoms with van der Waals surface area (Å²) < 4.78 is 13.0. The Kier molecular flexibility index (Phi) is 3.69. The molecule has 0 radical (unpaired) electrons. The zero-order chi connectivity index (χ0) is 10.6. The fourth-order valence-corrected chi connectivity index (χ4v) is 1.21. The van der Waals surface area contributed by atoms with E-state index in [0.717, 1.165) is 17.8 Å². The topological polar surface area (TPSA) is 12.0 Å². The van der Waals surface area contributed by atoms with Gasteiger partial charge in [-0.25, -0.2) is 4.39 Å². The minimum absolute atomic E-state index is 0.190. The molecule has 14 heavy (non-hydrogen) atoms. The average Bonchev–Trinajstić information content (AvgIpc) is 2.01. The predicted molar refractivity (Wildman–Crippen MR) is 59.1 cm³/mol. The van der Waals surface area contributed by atoms with Gasteiger partial charge in [-0.1, -0.05) is 11.6 Å². The van der Waals surface area contributed by atoms with Crippen molar-refractivity contribution in [3.05, 3.63) is 41.2 Å². The third-order valence-corrected chi connectivity index (χ3v) is 1.86. The largest absolute Gasteiger partial charge is 0.381 e. The summed E-state index contributed by atoms with van der Waals surface area (Å²) in [5.41, 5.74) is 3.02. The Morgan fingerprint density at radius 2 is 2.07 bits per heavy atom. The third-order valence-electron chi connectivity index (χ3n) is 1.86. The quantitative estimate of drug-likeness (QED) is 0.724. The van der Waals surface area contributed by atoms with E-state index in [1.54, 1.807) is 0 Å². The van der Waals surface area contributed by atoms with Gasteiger partial charge in [-0.05, 0) is 44.5 Å². The van der Waals surface area contributed by atoms with Crippen LogP contribution in [-0.4, -0.2) is 6.54 Å². The second-order valence-electron chi connectivity index (χ2n) is 3.68. The van der Waals surface area contributed by atoms with Gasteiger partial charge in [0.15, 0.2) is 0 Å². The first-order valence-corrected chi connectivity index (χ1v) is 4.72. The van der Waals surface area contributed by atoms with Crippen LogP contribution in [0.1, 0.15) is 19.4 Å². The standard InChI is InChI=1S/C12H16FN/c1-9(2)4-5-14-12-7-10(3)6-11(13)8-12/h4,6-8,14H,5H2,1-3H3. The van der Waals surface area contributed by atoms with Gasteiger partial charge in [-0.3, -0.25) is 0 Å². The molecule has 0 aromatic heterocycles. The molecule has 0 saturated carbocycles. The van der Waals surface area contributed by atoms with Crippen LogP contribution in [0, 0.1) is 12.7 Å². The molecule has 76 valence electrons. The lowest BCUT2D eigenvalue weighted by Gasteiger charge is -2.05. The number of aryl methyl sites for hydroxylation is 1. The van der Waals surface area contributed by atoms with Gasteiger partial charge in [0.05, 0.1) is 0 Å². The number of benzene rings is 1. The summed E-state index contributed by atoms with van der Waals surface area (Å²) in [7, 11) is 0. The first kappa shape index (κ1) is 10.8. The van der Waals surface area contributed by atoms with Gasteiger partial charge in [0.1, 0.15) is 5.82 Å². The van der Waals surface area contributed by atoms with Crippen molar-refractivity contribution in [2.45, 2.75) is 20.8 Å². The van der Waals surface area contributed by atoms with E-state index in [9.17, 15) is 4.39 Å². The Labute approximate surface area is 84.6 Å². The maximum Gasteiger partial charge on any atom is 0.125 e. The minimum Gasteiger partial charge on any atom is -0.381 e. The zero-order valence-electron chi connectivity index (χ0n) is 8.89. The Bertz CT molecular complexity index is 318. The van der Waals surface area contributed by atoms with E-state index in [0.29, 0.717) is 0 Å². The molecule has 1 nitrogen and oxygen atoms in total. The molecule has 0 atom stereocenters. The maximum absolute atomic E-state index is 13.0. The molecule has 0 amide bonds. The highest BCUT2D eigenvalue weighted by Crippen LogP contribution is 2.12. The van der Waals surface area contributed by atoms with Crippen LogP contribution in [0.25, 0.3) is 0 Å². The van der Waals surface area contributed by atoms with Gasteiger partial charge in [0.2, 0.25) is 0 Å². The number of hydrogen-bond donors (Lipinski definition) is 1. The number of halogens is 1. The Hall–Kier alpha value is -1.31. The highest BCUT2D eigenvalue weighted by molar-refractivity contribution is 5.46. The predicted octanol–water partition coefficient (Wildman–Crippen LogP) is 3.51. The molecule has 0 aliphatic rings. The first-order chi connectivity index (χ1) is 6.58. The molecule has 0 saturated heterocycles. The number of nitrogens with one attached hydrogen (secondary N) is 1. The molecule has 0 unspecified atom stereocenters. The SMILES string of the molecule is CC(C)=CCNc1cc(C)cc(F)c1. The maximum atomic E-state index is 13.0. The molecule has 2 heteroatoms. The number of allylic oxidation sites excluding steroid dienone is 1. The summed E-state index contributed by atoms with van der Waals surface area (Å²) >= 11 is 0. The second kappa shape index (κ2) is 4.80. The van der Waals surface area contributed by atoms with E-state index in [1.165, 1.54) is 17.7 Å². The van der Waals surface area contributed by atoms with Gasteiger partial charge in [0, 0.05) is 12.2 Å². The van der Waals surface area contributed by atoms with Crippen LogP contribution in [0.3, 0.4) is 0 Å². The molecule has 1 aromatic rings. The molecular formula is C12H16FN. The van der Waals surface area contributed by atoms with Crippen LogP contribution in [0.15, 0.2) is 29.8 Å². The Morgan fingerprint density at radius 3 is 2.64 bits per heavy atom. The lowest BCUT2D eigenvalue weighted by Crippen LogP contribution is -1.99. The highest BCUT2D eigenvalue weighted by Gasteiger charge is 1.95. The van der Waals surface area contributed by atoms with Crippen molar-refractivity contribution in [1.29, 1.82) is 0 Å². The van der Waals surface area contributed by atoms with Crippen molar-refractivity contribution in [3.63, 3.8) is 0 Å². The van der Waals surface area contributed by atoms with Crippen molar-refractivity contribution in [2.24, 2.45) is 0 Å². The molecule has 0 aliphatic carbocycles. The number of hydrogen-bond acceptors (Lipinski definition) is 1. The zero-order valence-corrected chi connectivity index (χ0v) is 8.89. The smallest absolute Gasteiger partial charge is 0.125 e. The Morgan fingerprint density at radius 1 is 1.36 bits per heavy atom. The van der Waals surface area contributed by atoms with Crippen LogP contribution < -0.4 is 5.32 Å². The van der Waals surface area contributed by atoms with Crippen molar-refractivity contribution in [2.75, 3.05) is 11.9 Å². The lowest BCUT2D eigenvalue weighted by molar-refractivity contribution is 0.627.